The fraction of sp³-hybridized carbons (Fsp3) is 0.611. The summed E-state index contributed by atoms with van der Waals surface area (Å²) in [5.41, 5.74) is 0.0101. The average Bonchev–Trinajstić information content (AvgIpc) is 2.49. The maximum Gasteiger partial charge on any atom is 0.410 e. The first kappa shape index (κ1) is 21.6. The van der Waals surface area contributed by atoms with Gasteiger partial charge < -0.3 is 9.64 Å². The fourth-order valence-corrected chi connectivity index (χ4v) is 3.98. The molecule has 0 spiro atoms. The highest BCUT2D eigenvalue weighted by molar-refractivity contribution is 7.86. The predicted molar refractivity (Wildman–Crippen MR) is 95.2 cm³/mol. The number of hydrogen-bond acceptors (Lipinski definition) is 5. The number of aryl methyl sites for hydroxylation is 1. The Kier molecular flexibility index (Phi) is 5.87. The van der Waals surface area contributed by atoms with Crippen LogP contribution >= 0.6 is 0 Å². The quantitative estimate of drug-likeness (QED) is 0.719. The molecule has 2 atom stereocenters. The van der Waals surface area contributed by atoms with Gasteiger partial charge in [-0.15, -0.1) is 0 Å². The van der Waals surface area contributed by atoms with Crippen LogP contribution in [0.3, 0.4) is 0 Å². The Bertz CT molecular complexity index is 787. The van der Waals surface area contributed by atoms with Crippen molar-refractivity contribution in [1.82, 2.24) is 4.90 Å². The Balaban J connectivity index is 2.17. The summed E-state index contributed by atoms with van der Waals surface area (Å²) < 4.78 is 64.1. The maximum absolute atomic E-state index is 14.6. The lowest BCUT2D eigenvalue weighted by Gasteiger charge is -2.41. The van der Waals surface area contributed by atoms with Crippen LogP contribution in [-0.2, 0) is 19.0 Å². The lowest BCUT2D eigenvalue weighted by atomic mass is 9.94. The van der Waals surface area contributed by atoms with Gasteiger partial charge in [-0.05, 0) is 39.8 Å². The van der Waals surface area contributed by atoms with E-state index in [1.165, 1.54) is 19.1 Å². The second-order valence-electron chi connectivity index (χ2n) is 7.88. The summed E-state index contributed by atoms with van der Waals surface area (Å²) in [5.74, 6) is -4.46. The van der Waals surface area contributed by atoms with Gasteiger partial charge in [0, 0.05) is 12.5 Å². The molecule has 0 aliphatic carbocycles. The highest BCUT2D eigenvalue weighted by atomic mass is 32.2. The summed E-state index contributed by atoms with van der Waals surface area (Å²) >= 11 is 0. The van der Waals surface area contributed by atoms with Gasteiger partial charge in [0.15, 0.2) is 0 Å². The largest absolute Gasteiger partial charge is 0.444 e. The number of nitrogens with zero attached hydrogens (tertiary/aromatic N) is 1. The van der Waals surface area contributed by atoms with Crippen LogP contribution in [0.25, 0.3) is 0 Å². The van der Waals surface area contributed by atoms with Gasteiger partial charge in [-0.3, -0.25) is 4.18 Å². The number of carbonyl (C=O) groups is 1. The van der Waals surface area contributed by atoms with E-state index in [0.717, 1.165) is 10.5 Å². The Labute approximate surface area is 158 Å². The first-order chi connectivity index (χ1) is 12.2. The van der Waals surface area contributed by atoms with E-state index in [1.807, 2.05) is 0 Å². The number of carbonyl (C=O) groups excluding carboxylic acids is 1. The third-order valence-electron chi connectivity index (χ3n) is 4.03. The smallest absolute Gasteiger partial charge is 0.410 e. The number of alkyl halides is 2. The Morgan fingerprint density at radius 2 is 1.78 bits per heavy atom. The van der Waals surface area contributed by atoms with Crippen LogP contribution < -0.4 is 0 Å². The normalized spacial score (nSPS) is 23.1. The predicted octanol–water partition coefficient (Wildman–Crippen LogP) is 3.59. The minimum Gasteiger partial charge on any atom is -0.444 e. The van der Waals surface area contributed by atoms with Crippen molar-refractivity contribution in [2.24, 2.45) is 5.92 Å². The van der Waals surface area contributed by atoms with Gasteiger partial charge in [0.2, 0.25) is 0 Å². The van der Waals surface area contributed by atoms with Gasteiger partial charge in [0.1, 0.15) is 11.7 Å². The van der Waals surface area contributed by atoms with E-state index in [1.54, 1.807) is 39.8 Å². The fourth-order valence-electron chi connectivity index (χ4n) is 2.80. The van der Waals surface area contributed by atoms with E-state index >= 15 is 0 Å². The van der Waals surface area contributed by atoms with Gasteiger partial charge >= 0.3 is 6.09 Å². The van der Waals surface area contributed by atoms with E-state index in [2.05, 4.69) is 0 Å². The van der Waals surface area contributed by atoms with Crippen LogP contribution in [0.15, 0.2) is 29.2 Å². The van der Waals surface area contributed by atoms with Crippen molar-refractivity contribution >= 4 is 16.2 Å². The Hall–Kier alpha value is -1.74. The van der Waals surface area contributed by atoms with Gasteiger partial charge in [-0.2, -0.15) is 8.42 Å². The average molecular weight is 405 g/mol. The van der Waals surface area contributed by atoms with E-state index in [-0.39, 0.29) is 11.4 Å². The molecule has 1 aromatic rings. The molecule has 0 aromatic heterocycles. The highest BCUT2D eigenvalue weighted by Gasteiger charge is 2.53. The zero-order valence-electron chi connectivity index (χ0n) is 16.0. The first-order valence-corrected chi connectivity index (χ1v) is 9.98. The van der Waals surface area contributed by atoms with Crippen molar-refractivity contribution in [2.45, 2.75) is 57.1 Å². The van der Waals surface area contributed by atoms with Gasteiger partial charge in [0.05, 0.1) is 11.4 Å². The minimum atomic E-state index is -4.36. The standard InChI is InChI=1S/C18H25F2NO5S/c1-12-6-8-14(9-7-12)27(23,24)26-15-13(2)10-21(11-18(15,19)20)16(22)25-17(3,4)5/h6-9,13,15H,10-11H2,1-5H3/t13-,15-/m0/s1. The molecule has 1 aromatic carbocycles. The lowest BCUT2D eigenvalue weighted by Crippen LogP contribution is -2.59. The topological polar surface area (TPSA) is 72.9 Å². The number of rotatable bonds is 3. The summed E-state index contributed by atoms with van der Waals surface area (Å²) in [4.78, 5) is 12.8. The zero-order valence-corrected chi connectivity index (χ0v) is 16.8. The molecule has 0 N–H and O–H groups in total. The third-order valence-corrected chi connectivity index (χ3v) is 5.35. The Morgan fingerprint density at radius 1 is 1.22 bits per heavy atom. The number of ether oxygens (including phenoxy) is 1. The van der Waals surface area contributed by atoms with Crippen molar-refractivity contribution in [3.8, 4) is 0 Å². The van der Waals surface area contributed by atoms with Crippen LogP contribution in [0.4, 0.5) is 13.6 Å². The number of amides is 1. The molecule has 0 radical (unpaired) electrons. The van der Waals surface area contributed by atoms with E-state index in [9.17, 15) is 22.0 Å². The molecular formula is C18H25F2NO5S. The SMILES string of the molecule is Cc1ccc(S(=O)(=O)O[C@H]2[C@@H](C)CN(C(=O)OC(C)(C)C)CC2(F)F)cc1. The summed E-state index contributed by atoms with van der Waals surface area (Å²) in [5, 5.41) is 0. The number of benzene rings is 1. The summed E-state index contributed by atoms with van der Waals surface area (Å²) in [7, 11) is -4.36. The van der Waals surface area contributed by atoms with Crippen LogP contribution in [0, 0.1) is 12.8 Å². The number of piperidine rings is 1. The zero-order chi connectivity index (χ0) is 20.6. The number of hydrogen-bond donors (Lipinski definition) is 0. The maximum atomic E-state index is 14.6. The summed E-state index contributed by atoms with van der Waals surface area (Å²) in [6.07, 6.45) is -2.74. The summed E-state index contributed by atoms with van der Waals surface area (Å²) in [6, 6.07) is 5.73. The van der Waals surface area contributed by atoms with Crippen LogP contribution in [0.2, 0.25) is 0 Å². The lowest BCUT2D eigenvalue weighted by molar-refractivity contribution is -0.155. The molecule has 1 aliphatic rings. The van der Waals surface area contributed by atoms with Crippen LogP contribution in [0.1, 0.15) is 33.3 Å². The molecule has 0 bridgehead atoms. The summed E-state index contributed by atoms with van der Waals surface area (Å²) in [6.45, 7) is 7.03. The van der Waals surface area contributed by atoms with Crippen molar-refractivity contribution in [3.63, 3.8) is 0 Å². The molecular weight excluding hydrogens is 380 g/mol. The monoisotopic (exact) mass is 405 g/mol. The second kappa shape index (κ2) is 7.35. The van der Waals surface area contributed by atoms with Crippen LogP contribution in [0.5, 0.6) is 0 Å². The second-order valence-corrected chi connectivity index (χ2v) is 9.46. The van der Waals surface area contributed by atoms with Gasteiger partial charge in [0.25, 0.3) is 16.0 Å². The van der Waals surface area contributed by atoms with Gasteiger partial charge in [-0.25, -0.2) is 13.6 Å². The van der Waals surface area contributed by atoms with E-state index < -0.39 is 46.3 Å². The molecule has 27 heavy (non-hydrogen) atoms. The molecule has 9 heteroatoms. The van der Waals surface area contributed by atoms with E-state index in [0.29, 0.717) is 0 Å². The molecule has 1 aliphatic heterocycles. The molecule has 0 saturated carbocycles. The van der Waals surface area contributed by atoms with Gasteiger partial charge in [-0.1, -0.05) is 24.6 Å². The molecule has 152 valence electrons. The molecule has 1 heterocycles. The van der Waals surface area contributed by atoms with Crippen LogP contribution in [-0.4, -0.2) is 50.1 Å². The van der Waals surface area contributed by atoms with Crippen molar-refractivity contribution in [1.29, 1.82) is 0 Å². The number of likely N-dealkylation sites (tertiary alicyclic amines) is 1. The van der Waals surface area contributed by atoms with Crippen molar-refractivity contribution in [3.05, 3.63) is 29.8 Å². The van der Waals surface area contributed by atoms with E-state index in [4.69, 9.17) is 8.92 Å². The highest BCUT2D eigenvalue weighted by Crippen LogP contribution is 2.36. The minimum absolute atomic E-state index is 0.0986. The van der Waals surface area contributed by atoms with Crippen molar-refractivity contribution < 1.29 is 30.9 Å². The Morgan fingerprint density at radius 3 is 2.26 bits per heavy atom. The molecule has 1 fully saturated rings. The molecule has 1 amide bonds. The molecule has 0 unspecified atom stereocenters. The van der Waals surface area contributed by atoms with Crippen molar-refractivity contribution in [2.75, 3.05) is 13.1 Å². The third kappa shape index (κ3) is 5.38. The number of halogens is 2. The molecule has 2 rings (SSSR count). The first-order valence-electron chi connectivity index (χ1n) is 8.57. The molecule has 1 saturated heterocycles. The molecule has 6 nitrogen and oxygen atoms in total.